The maximum atomic E-state index is 6.16. The molecule has 0 saturated heterocycles. The van der Waals surface area contributed by atoms with Crippen LogP contribution < -0.4 is 14.8 Å². The quantitative estimate of drug-likeness (QED) is 0.398. The van der Waals surface area contributed by atoms with Gasteiger partial charge in [0.1, 0.15) is 29.0 Å². The van der Waals surface area contributed by atoms with Crippen LogP contribution in [0.3, 0.4) is 0 Å². The molecule has 158 valence electrons. The average Bonchev–Trinajstić information content (AvgIpc) is 3.55. The zero-order valence-corrected chi connectivity index (χ0v) is 17.8. The molecule has 0 unspecified atom stereocenters. The Bertz CT molecular complexity index is 1200. The molecule has 1 aromatic carbocycles. The average molecular weight is 436 g/mol. The van der Waals surface area contributed by atoms with Crippen LogP contribution in [0.25, 0.3) is 5.65 Å². The zero-order valence-electron chi connectivity index (χ0n) is 17.1. The Morgan fingerprint density at radius 3 is 2.68 bits per heavy atom. The van der Waals surface area contributed by atoms with Crippen molar-refractivity contribution in [2.24, 2.45) is 0 Å². The molecule has 4 aromatic rings. The van der Waals surface area contributed by atoms with Crippen molar-refractivity contribution in [2.45, 2.75) is 31.9 Å². The number of imidazole rings is 1. The van der Waals surface area contributed by atoms with Gasteiger partial charge in [0.25, 0.3) is 0 Å². The van der Waals surface area contributed by atoms with Crippen LogP contribution in [-0.4, -0.2) is 26.5 Å². The Morgan fingerprint density at radius 1 is 1.06 bits per heavy atom. The number of nitrogens with zero attached hydrogens (tertiary/aromatic N) is 4. The van der Waals surface area contributed by atoms with Crippen molar-refractivity contribution < 1.29 is 9.47 Å². The second-order valence-corrected chi connectivity index (χ2v) is 7.97. The molecule has 0 radical (unpaired) electrons. The Labute approximate surface area is 185 Å². The van der Waals surface area contributed by atoms with Crippen LogP contribution in [0.4, 0.5) is 5.82 Å². The molecule has 0 aliphatic heterocycles. The van der Waals surface area contributed by atoms with Gasteiger partial charge in [0.05, 0.1) is 19.3 Å². The molecule has 3 heterocycles. The van der Waals surface area contributed by atoms with E-state index in [1.165, 1.54) is 18.4 Å². The lowest BCUT2D eigenvalue weighted by Gasteiger charge is -2.08. The summed E-state index contributed by atoms with van der Waals surface area (Å²) in [6, 6.07) is 13.8. The van der Waals surface area contributed by atoms with Crippen molar-refractivity contribution in [1.29, 1.82) is 0 Å². The topological polar surface area (TPSA) is 73.6 Å². The number of anilines is 1. The lowest BCUT2D eigenvalue weighted by atomic mass is 10.2. The van der Waals surface area contributed by atoms with Crippen molar-refractivity contribution >= 4 is 23.1 Å². The van der Waals surface area contributed by atoms with E-state index in [2.05, 4.69) is 43.0 Å². The van der Waals surface area contributed by atoms with E-state index in [0.717, 1.165) is 22.7 Å². The molecular formula is C23H22ClN5O2. The van der Waals surface area contributed by atoms with E-state index in [4.69, 9.17) is 21.1 Å². The van der Waals surface area contributed by atoms with Crippen molar-refractivity contribution in [2.75, 3.05) is 12.4 Å². The van der Waals surface area contributed by atoms with Crippen LogP contribution in [0.2, 0.25) is 5.15 Å². The highest BCUT2D eigenvalue weighted by atomic mass is 35.5. The second-order valence-electron chi connectivity index (χ2n) is 7.58. The first kappa shape index (κ1) is 19.6. The number of halogens is 1. The fraction of sp³-hybridized carbons (Fsp3) is 0.261. The molecule has 0 amide bonds. The monoisotopic (exact) mass is 435 g/mol. The fourth-order valence-corrected chi connectivity index (χ4v) is 3.58. The molecule has 0 spiro atoms. The van der Waals surface area contributed by atoms with Gasteiger partial charge in [-0.25, -0.2) is 4.98 Å². The van der Waals surface area contributed by atoms with E-state index >= 15 is 0 Å². The summed E-state index contributed by atoms with van der Waals surface area (Å²) in [5, 5.41) is 3.57. The van der Waals surface area contributed by atoms with Crippen LogP contribution >= 0.6 is 11.6 Å². The number of hydrogen-bond acceptors (Lipinski definition) is 6. The van der Waals surface area contributed by atoms with Crippen molar-refractivity contribution in [3.05, 3.63) is 76.8 Å². The second kappa shape index (κ2) is 8.43. The van der Waals surface area contributed by atoms with Gasteiger partial charge in [-0.2, -0.15) is 9.97 Å². The number of benzene rings is 1. The largest absolute Gasteiger partial charge is 0.497 e. The van der Waals surface area contributed by atoms with E-state index in [1.807, 2.05) is 30.5 Å². The minimum absolute atomic E-state index is 0.217. The summed E-state index contributed by atoms with van der Waals surface area (Å²) in [5.41, 5.74) is 4.22. The van der Waals surface area contributed by atoms with Crippen molar-refractivity contribution in [1.82, 2.24) is 19.4 Å². The van der Waals surface area contributed by atoms with E-state index in [0.29, 0.717) is 30.0 Å². The lowest BCUT2D eigenvalue weighted by Crippen LogP contribution is -2.05. The fourth-order valence-electron chi connectivity index (χ4n) is 3.41. The van der Waals surface area contributed by atoms with E-state index in [9.17, 15) is 0 Å². The smallest absolute Gasteiger partial charge is 0.320 e. The molecule has 31 heavy (non-hydrogen) atoms. The summed E-state index contributed by atoms with van der Waals surface area (Å²) in [4.78, 5) is 13.2. The highest BCUT2D eigenvalue weighted by Gasteiger charge is 2.23. The molecule has 7 nitrogen and oxygen atoms in total. The first-order chi connectivity index (χ1) is 15.2. The van der Waals surface area contributed by atoms with Crippen LogP contribution in [0.1, 0.15) is 35.6 Å². The van der Waals surface area contributed by atoms with Gasteiger partial charge in [-0.05, 0) is 48.1 Å². The summed E-state index contributed by atoms with van der Waals surface area (Å²) >= 11 is 6.16. The molecule has 1 aliphatic rings. The number of ether oxygens (including phenoxy) is 2. The Kier molecular flexibility index (Phi) is 5.34. The van der Waals surface area contributed by atoms with Crippen LogP contribution in [0.15, 0.2) is 54.9 Å². The molecule has 1 N–H and O–H groups in total. The molecule has 1 aliphatic carbocycles. The van der Waals surface area contributed by atoms with Gasteiger partial charge in [0, 0.05) is 18.5 Å². The Morgan fingerprint density at radius 2 is 1.90 bits per heavy atom. The summed E-state index contributed by atoms with van der Waals surface area (Å²) in [6.45, 7) is 0.852. The molecule has 0 atom stereocenters. The van der Waals surface area contributed by atoms with Gasteiger partial charge >= 0.3 is 6.01 Å². The molecule has 0 bridgehead atoms. The first-order valence-electron chi connectivity index (χ1n) is 10.2. The maximum absolute atomic E-state index is 6.16. The van der Waals surface area contributed by atoms with Crippen LogP contribution in [0.5, 0.6) is 11.8 Å². The first-order valence-corrected chi connectivity index (χ1v) is 10.6. The summed E-state index contributed by atoms with van der Waals surface area (Å²) in [7, 11) is 1.64. The number of aromatic nitrogens is 4. The summed E-state index contributed by atoms with van der Waals surface area (Å²) in [6.07, 6.45) is 6.78. The number of rotatable bonds is 8. The number of fused-ring (bicyclic) bond motifs is 1. The normalized spacial score (nSPS) is 13.4. The Balaban J connectivity index is 1.24. The molecule has 1 saturated carbocycles. The van der Waals surface area contributed by atoms with Gasteiger partial charge in [-0.3, -0.25) is 0 Å². The standard InChI is InChI=1S/C23H22ClN5O2/c1-30-19-7-2-15(3-8-19)14-31-23-27-20(24)10-21(28-23)25-11-18-13-29-12-17(16-4-5-16)6-9-22(29)26-18/h2-3,6-10,12-13,16H,4-5,11,14H2,1H3,(H,25,27,28). The predicted octanol–water partition coefficient (Wildman–Crippen LogP) is 4.85. The molecule has 1 fully saturated rings. The van der Waals surface area contributed by atoms with Gasteiger partial charge in [0.15, 0.2) is 0 Å². The van der Waals surface area contributed by atoms with Gasteiger partial charge in [-0.1, -0.05) is 29.8 Å². The third kappa shape index (κ3) is 4.72. The predicted molar refractivity (Wildman–Crippen MR) is 119 cm³/mol. The van der Waals surface area contributed by atoms with Crippen molar-refractivity contribution in [3.63, 3.8) is 0 Å². The highest BCUT2D eigenvalue weighted by Crippen LogP contribution is 2.39. The van der Waals surface area contributed by atoms with Crippen LogP contribution in [0, 0.1) is 0 Å². The minimum Gasteiger partial charge on any atom is -0.497 e. The zero-order chi connectivity index (χ0) is 21.2. The van der Waals surface area contributed by atoms with Gasteiger partial charge < -0.3 is 19.2 Å². The number of nitrogens with one attached hydrogen (secondary N) is 1. The number of methoxy groups -OCH3 is 1. The lowest BCUT2D eigenvalue weighted by molar-refractivity contribution is 0.281. The summed E-state index contributed by atoms with van der Waals surface area (Å²) in [5.74, 6) is 2.10. The number of pyridine rings is 1. The maximum Gasteiger partial charge on any atom is 0.320 e. The number of hydrogen-bond donors (Lipinski definition) is 1. The molecule has 5 rings (SSSR count). The van der Waals surface area contributed by atoms with Crippen molar-refractivity contribution in [3.8, 4) is 11.8 Å². The third-order valence-electron chi connectivity index (χ3n) is 5.22. The molecule has 8 heteroatoms. The third-order valence-corrected chi connectivity index (χ3v) is 5.42. The van der Waals surface area contributed by atoms with E-state index < -0.39 is 0 Å². The van der Waals surface area contributed by atoms with Crippen LogP contribution in [-0.2, 0) is 13.2 Å². The molecular weight excluding hydrogens is 414 g/mol. The SMILES string of the molecule is COc1ccc(COc2nc(Cl)cc(NCc3cn4cc(C5CC5)ccc4n3)n2)cc1. The Hall–Kier alpha value is -3.32. The summed E-state index contributed by atoms with van der Waals surface area (Å²) < 4.78 is 13.0. The molecule has 3 aromatic heterocycles. The highest BCUT2D eigenvalue weighted by molar-refractivity contribution is 6.29. The van der Waals surface area contributed by atoms with Gasteiger partial charge in [-0.15, -0.1) is 0 Å². The minimum atomic E-state index is 0.217. The van der Waals surface area contributed by atoms with E-state index in [-0.39, 0.29) is 6.01 Å². The van der Waals surface area contributed by atoms with E-state index in [1.54, 1.807) is 13.2 Å². The van der Waals surface area contributed by atoms with Gasteiger partial charge in [0.2, 0.25) is 0 Å².